The van der Waals surface area contributed by atoms with Crippen LogP contribution in [-0.4, -0.2) is 20.7 Å². The van der Waals surface area contributed by atoms with Crippen LogP contribution < -0.4 is 4.74 Å². The summed E-state index contributed by atoms with van der Waals surface area (Å²) in [5.74, 6) is 0.741. The Balaban J connectivity index is 2.42. The molecule has 2 radical (unpaired) electrons. The van der Waals surface area contributed by atoms with E-state index in [1.54, 1.807) is 7.11 Å². The Hall–Kier alpha value is -1.77. The minimum atomic E-state index is -0.151. The van der Waals surface area contributed by atoms with E-state index < -0.39 is 0 Å². The second-order valence-corrected chi connectivity index (χ2v) is 4.36. The summed E-state index contributed by atoms with van der Waals surface area (Å²) in [7, 11) is 7.05. The second-order valence-electron chi connectivity index (χ2n) is 4.36. The molecule has 0 aliphatic heterocycles. The first-order valence-corrected chi connectivity index (χ1v) is 5.96. The van der Waals surface area contributed by atoms with Crippen molar-refractivity contribution in [2.45, 2.75) is 19.2 Å². The van der Waals surface area contributed by atoms with Crippen molar-refractivity contribution in [3.8, 4) is 5.75 Å². The molecule has 0 bridgehead atoms. The van der Waals surface area contributed by atoms with Crippen molar-refractivity contribution in [2.24, 2.45) is 0 Å². The quantitative estimate of drug-likeness (QED) is 0.765. The Morgan fingerprint density at radius 3 is 2.56 bits per heavy atom. The van der Waals surface area contributed by atoms with E-state index in [9.17, 15) is 4.79 Å². The lowest BCUT2D eigenvalue weighted by atomic mass is 9.87. The lowest BCUT2D eigenvalue weighted by Gasteiger charge is -2.11. The number of ketones is 1. The molecule has 2 aromatic rings. The number of fused-ring (bicyclic) bond motifs is 1. The standard InChI is InChI=1S/C15H15BO2/c1-10(15(17)9-16)11-3-4-13-8-14(18-2)6-5-12(13)7-11/h3-8,10H,9H2,1-2H3/t10-/m0/s1. The largest absolute Gasteiger partial charge is 0.497 e. The summed E-state index contributed by atoms with van der Waals surface area (Å²) in [5.41, 5.74) is 1.00. The molecule has 2 nitrogen and oxygen atoms in total. The second kappa shape index (κ2) is 5.26. The van der Waals surface area contributed by atoms with Crippen LogP contribution in [0.1, 0.15) is 18.4 Å². The molecule has 0 aromatic heterocycles. The van der Waals surface area contributed by atoms with E-state index in [0.717, 1.165) is 22.1 Å². The number of Topliss-reactive ketones (excluding diaryl/α,β-unsaturated/α-hetero) is 1. The number of carbonyl (C=O) groups is 1. The van der Waals surface area contributed by atoms with Crippen LogP contribution >= 0.6 is 0 Å². The molecule has 18 heavy (non-hydrogen) atoms. The van der Waals surface area contributed by atoms with E-state index in [2.05, 4.69) is 0 Å². The van der Waals surface area contributed by atoms with Crippen molar-refractivity contribution >= 4 is 24.4 Å². The first-order valence-electron chi connectivity index (χ1n) is 5.96. The van der Waals surface area contributed by atoms with Crippen molar-refractivity contribution in [1.82, 2.24) is 0 Å². The van der Waals surface area contributed by atoms with E-state index in [4.69, 9.17) is 12.6 Å². The summed E-state index contributed by atoms with van der Waals surface area (Å²) in [4.78, 5) is 11.6. The molecule has 0 N–H and O–H groups in total. The van der Waals surface area contributed by atoms with Gasteiger partial charge in [-0.1, -0.05) is 31.2 Å². The zero-order chi connectivity index (χ0) is 13.1. The van der Waals surface area contributed by atoms with Crippen LogP contribution in [0.2, 0.25) is 6.32 Å². The molecule has 0 amide bonds. The highest BCUT2D eigenvalue weighted by Gasteiger charge is 2.13. The summed E-state index contributed by atoms with van der Waals surface area (Å²) in [6, 6.07) is 11.9. The smallest absolute Gasteiger partial charge is 0.131 e. The van der Waals surface area contributed by atoms with Gasteiger partial charge in [-0.2, -0.15) is 0 Å². The van der Waals surface area contributed by atoms with Crippen LogP contribution in [0.3, 0.4) is 0 Å². The van der Waals surface area contributed by atoms with E-state index in [0.29, 0.717) is 0 Å². The van der Waals surface area contributed by atoms with Gasteiger partial charge in [-0.3, -0.25) is 4.79 Å². The predicted octanol–water partition coefficient (Wildman–Crippen LogP) is 3.11. The van der Waals surface area contributed by atoms with Crippen LogP contribution in [0, 0.1) is 0 Å². The highest BCUT2D eigenvalue weighted by Crippen LogP contribution is 2.25. The third-order valence-electron chi connectivity index (χ3n) is 3.26. The molecule has 1 atom stereocenters. The van der Waals surface area contributed by atoms with Crippen molar-refractivity contribution < 1.29 is 9.53 Å². The lowest BCUT2D eigenvalue weighted by molar-refractivity contribution is -0.118. The summed E-state index contributed by atoms with van der Waals surface area (Å²) < 4.78 is 5.18. The summed E-state index contributed by atoms with van der Waals surface area (Å²) in [5, 5.41) is 2.20. The molecular weight excluding hydrogens is 223 g/mol. The number of methoxy groups -OCH3 is 1. The number of benzene rings is 2. The molecule has 0 saturated carbocycles. The minimum Gasteiger partial charge on any atom is -0.497 e. The van der Waals surface area contributed by atoms with Gasteiger partial charge in [0.25, 0.3) is 0 Å². The third kappa shape index (κ3) is 2.40. The van der Waals surface area contributed by atoms with Crippen LogP contribution in [0.15, 0.2) is 36.4 Å². The monoisotopic (exact) mass is 238 g/mol. The van der Waals surface area contributed by atoms with Gasteiger partial charge >= 0.3 is 0 Å². The molecule has 0 saturated heterocycles. The van der Waals surface area contributed by atoms with Crippen LogP contribution in [0.25, 0.3) is 10.8 Å². The van der Waals surface area contributed by atoms with Gasteiger partial charge < -0.3 is 4.74 Å². The zero-order valence-corrected chi connectivity index (χ0v) is 10.6. The number of hydrogen-bond donors (Lipinski definition) is 0. The Morgan fingerprint density at radius 2 is 1.89 bits per heavy atom. The zero-order valence-electron chi connectivity index (χ0n) is 10.6. The fourth-order valence-corrected chi connectivity index (χ4v) is 2.00. The van der Waals surface area contributed by atoms with E-state index in [-0.39, 0.29) is 18.0 Å². The van der Waals surface area contributed by atoms with Crippen LogP contribution in [0.4, 0.5) is 0 Å². The van der Waals surface area contributed by atoms with E-state index in [1.165, 1.54) is 0 Å². The fourth-order valence-electron chi connectivity index (χ4n) is 2.00. The molecule has 2 rings (SSSR count). The van der Waals surface area contributed by atoms with Gasteiger partial charge in [0.15, 0.2) is 0 Å². The van der Waals surface area contributed by atoms with Crippen molar-refractivity contribution in [3.63, 3.8) is 0 Å². The Labute approximate surface area is 108 Å². The van der Waals surface area contributed by atoms with Gasteiger partial charge in [0.1, 0.15) is 11.5 Å². The molecule has 0 spiro atoms. The molecule has 0 heterocycles. The number of rotatable bonds is 4. The molecule has 90 valence electrons. The lowest BCUT2D eigenvalue weighted by Crippen LogP contribution is -2.07. The maximum atomic E-state index is 11.6. The van der Waals surface area contributed by atoms with E-state index in [1.807, 2.05) is 43.3 Å². The maximum Gasteiger partial charge on any atom is 0.131 e. The topological polar surface area (TPSA) is 26.3 Å². The Kier molecular flexibility index (Phi) is 3.70. The third-order valence-corrected chi connectivity index (χ3v) is 3.26. The molecule has 2 aromatic carbocycles. The van der Waals surface area contributed by atoms with Gasteiger partial charge in [-0.25, -0.2) is 0 Å². The van der Waals surface area contributed by atoms with Crippen molar-refractivity contribution in [2.75, 3.05) is 7.11 Å². The normalized spacial score (nSPS) is 12.3. The van der Waals surface area contributed by atoms with Gasteiger partial charge in [0, 0.05) is 5.92 Å². The molecular formula is C15H15BO2. The molecule has 0 aliphatic rings. The summed E-state index contributed by atoms with van der Waals surface area (Å²) in [6.45, 7) is 1.89. The highest BCUT2D eigenvalue weighted by molar-refractivity contribution is 6.21. The van der Waals surface area contributed by atoms with Crippen LogP contribution in [0.5, 0.6) is 5.75 Å². The maximum absolute atomic E-state index is 11.6. The summed E-state index contributed by atoms with van der Waals surface area (Å²) in [6.07, 6.45) is 0.0851. The van der Waals surface area contributed by atoms with Crippen molar-refractivity contribution in [3.05, 3.63) is 42.0 Å². The first-order chi connectivity index (χ1) is 8.65. The highest BCUT2D eigenvalue weighted by atomic mass is 16.5. The van der Waals surface area contributed by atoms with Gasteiger partial charge in [0.05, 0.1) is 15.0 Å². The SMILES string of the molecule is [B]CC(=O)[C@@H](C)c1ccc2cc(OC)ccc2c1. The van der Waals surface area contributed by atoms with Gasteiger partial charge in [-0.05, 0) is 34.8 Å². The number of ether oxygens (including phenoxy) is 1. The van der Waals surface area contributed by atoms with Crippen molar-refractivity contribution in [1.29, 1.82) is 0 Å². The van der Waals surface area contributed by atoms with Gasteiger partial charge in [-0.15, -0.1) is 0 Å². The summed E-state index contributed by atoms with van der Waals surface area (Å²) >= 11 is 0. The van der Waals surface area contributed by atoms with Gasteiger partial charge in [0.2, 0.25) is 0 Å². The number of hydrogen-bond acceptors (Lipinski definition) is 2. The Morgan fingerprint density at radius 1 is 1.22 bits per heavy atom. The minimum absolute atomic E-state index is 0.0582. The molecule has 0 fully saturated rings. The average Bonchev–Trinajstić information content (AvgIpc) is 2.44. The number of carbonyl (C=O) groups excluding carboxylic acids is 1. The van der Waals surface area contributed by atoms with Crippen LogP contribution in [-0.2, 0) is 4.79 Å². The Bertz CT molecular complexity index is 578. The molecule has 0 unspecified atom stereocenters. The fraction of sp³-hybridized carbons (Fsp3) is 0.267. The predicted molar refractivity (Wildman–Crippen MR) is 74.5 cm³/mol. The average molecular weight is 238 g/mol. The first kappa shape index (κ1) is 12.7. The molecule has 0 aliphatic carbocycles. The van der Waals surface area contributed by atoms with E-state index >= 15 is 0 Å². The molecule has 3 heteroatoms.